The lowest BCUT2D eigenvalue weighted by Crippen LogP contribution is -2.51. The Bertz CT molecular complexity index is 840. The van der Waals surface area contributed by atoms with E-state index in [1.54, 1.807) is 0 Å². The molecular formula is C25H36N4O. The van der Waals surface area contributed by atoms with Crippen LogP contribution in [-0.2, 0) is 0 Å². The first-order valence-corrected chi connectivity index (χ1v) is 12.1. The third-order valence-corrected chi connectivity index (χ3v) is 7.75. The molecule has 3 aliphatic rings. The van der Waals surface area contributed by atoms with Gasteiger partial charge in [0.05, 0.1) is 0 Å². The number of amides is 2. The predicted octanol–water partition coefficient (Wildman–Crippen LogP) is 4.71. The van der Waals surface area contributed by atoms with Crippen LogP contribution in [0.5, 0.6) is 0 Å². The highest BCUT2D eigenvalue weighted by Crippen LogP contribution is 2.33. The summed E-state index contributed by atoms with van der Waals surface area (Å²) in [6.07, 6.45) is 12.2. The van der Waals surface area contributed by atoms with Gasteiger partial charge in [0.25, 0.3) is 0 Å². The quantitative estimate of drug-likeness (QED) is 0.770. The Morgan fingerprint density at radius 3 is 2.47 bits per heavy atom. The average molecular weight is 409 g/mol. The number of hydrogen-bond donors (Lipinski definition) is 2. The molecule has 2 aromatic rings. The fourth-order valence-electron chi connectivity index (χ4n) is 5.91. The number of aromatic amines is 1. The summed E-state index contributed by atoms with van der Waals surface area (Å²) in [6, 6.07) is 9.04. The molecule has 2 aliphatic heterocycles. The van der Waals surface area contributed by atoms with E-state index >= 15 is 0 Å². The van der Waals surface area contributed by atoms with Crippen molar-refractivity contribution in [2.24, 2.45) is 5.92 Å². The highest BCUT2D eigenvalue weighted by Gasteiger charge is 2.28. The number of carbonyl (C=O) groups is 1. The van der Waals surface area contributed by atoms with Crippen LogP contribution in [0, 0.1) is 5.92 Å². The van der Waals surface area contributed by atoms with Gasteiger partial charge in [-0.15, -0.1) is 0 Å². The maximum atomic E-state index is 12.8. The molecule has 1 aromatic carbocycles. The molecule has 162 valence electrons. The largest absolute Gasteiger partial charge is 0.361 e. The van der Waals surface area contributed by atoms with Gasteiger partial charge in [-0.05, 0) is 62.0 Å². The van der Waals surface area contributed by atoms with E-state index in [4.69, 9.17) is 0 Å². The van der Waals surface area contributed by atoms with Crippen LogP contribution in [0.3, 0.4) is 0 Å². The molecule has 0 spiro atoms. The summed E-state index contributed by atoms with van der Waals surface area (Å²) in [5, 5.41) is 4.67. The van der Waals surface area contributed by atoms with Crippen molar-refractivity contribution in [2.75, 3.05) is 32.7 Å². The molecule has 5 nitrogen and oxygen atoms in total. The summed E-state index contributed by atoms with van der Waals surface area (Å²) in [7, 11) is 0. The number of nitrogens with one attached hydrogen (secondary N) is 2. The van der Waals surface area contributed by atoms with Gasteiger partial charge in [-0.25, -0.2) is 4.79 Å². The maximum absolute atomic E-state index is 12.8. The molecule has 5 heteroatoms. The third kappa shape index (κ3) is 4.36. The number of nitrogens with zero attached hydrogens (tertiary/aromatic N) is 2. The second-order valence-electron chi connectivity index (χ2n) is 9.73. The summed E-state index contributed by atoms with van der Waals surface area (Å²) in [4.78, 5) is 20.9. The normalized spacial score (nSPS) is 22.7. The highest BCUT2D eigenvalue weighted by molar-refractivity contribution is 5.83. The molecule has 1 aliphatic carbocycles. The third-order valence-electron chi connectivity index (χ3n) is 7.75. The zero-order valence-electron chi connectivity index (χ0n) is 18.1. The summed E-state index contributed by atoms with van der Waals surface area (Å²) in [6.45, 7) is 5.28. The average Bonchev–Trinajstić information content (AvgIpc) is 3.45. The Kier molecular flexibility index (Phi) is 5.98. The van der Waals surface area contributed by atoms with Crippen LogP contribution >= 0.6 is 0 Å². The number of aromatic nitrogens is 1. The minimum atomic E-state index is 0.154. The van der Waals surface area contributed by atoms with Crippen LogP contribution in [0.15, 0.2) is 30.5 Å². The number of hydrogen-bond acceptors (Lipinski definition) is 2. The molecule has 0 atom stereocenters. The lowest BCUT2D eigenvalue weighted by Gasteiger charge is -2.36. The highest BCUT2D eigenvalue weighted by atomic mass is 16.2. The summed E-state index contributed by atoms with van der Waals surface area (Å²) in [5.74, 6) is 1.47. The Hall–Kier alpha value is -2.01. The smallest absolute Gasteiger partial charge is 0.317 e. The van der Waals surface area contributed by atoms with E-state index in [9.17, 15) is 4.79 Å². The number of likely N-dealkylation sites (tertiary alicyclic amines) is 2. The van der Waals surface area contributed by atoms with Crippen LogP contribution in [0.25, 0.3) is 10.9 Å². The van der Waals surface area contributed by atoms with E-state index in [0.29, 0.717) is 12.0 Å². The molecule has 0 radical (unpaired) electrons. The first-order valence-electron chi connectivity index (χ1n) is 12.1. The lowest BCUT2D eigenvalue weighted by molar-refractivity contribution is 0.153. The Labute approximate surface area is 180 Å². The fourth-order valence-corrected chi connectivity index (χ4v) is 5.91. The van der Waals surface area contributed by atoms with Gasteiger partial charge in [-0.1, -0.05) is 31.0 Å². The Morgan fingerprint density at radius 1 is 0.967 bits per heavy atom. The molecule has 3 heterocycles. The minimum Gasteiger partial charge on any atom is -0.361 e. The molecule has 2 saturated heterocycles. The number of fused-ring (bicyclic) bond motifs is 1. The molecule has 0 unspecified atom stereocenters. The van der Waals surface area contributed by atoms with Crippen molar-refractivity contribution >= 4 is 16.9 Å². The van der Waals surface area contributed by atoms with Gasteiger partial charge in [0.15, 0.2) is 0 Å². The topological polar surface area (TPSA) is 51.4 Å². The molecule has 2 amide bonds. The van der Waals surface area contributed by atoms with Crippen molar-refractivity contribution in [1.82, 2.24) is 20.1 Å². The summed E-state index contributed by atoms with van der Waals surface area (Å²) in [5.41, 5.74) is 2.63. The number of H-pyrrole nitrogens is 1. The van der Waals surface area contributed by atoms with Gasteiger partial charge in [-0.2, -0.15) is 0 Å². The summed E-state index contributed by atoms with van der Waals surface area (Å²) < 4.78 is 0. The number of carbonyl (C=O) groups excluding carboxylic acids is 1. The monoisotopic (exact) mass is 408 g/mol. The predicted molar refractivity (Wildman–Crippen MR) is 122 cm³/mol. The molecule has 2 N–H and O–H groups in total. The maximum Gasteiger partial charge on any atom is 0.317 e. The van der Waals surface area contributed by atoms with Crippen molar-refractivity contribution in [3.63, 3.8) is 0 Å². The van der Waals surface area contributed by atoms with Crippen LogP contribution < -0.4 is 5.32 Å². The second kappa shape index (κ2) is 9.01. The van der Waals surface area contributed by atoms with Gasteiger partial charge in [-0.3, -0.25) is 0 Å². The van der Waals surface area contributed by atoms with E-state index in [2.05, 4.69) is 45.7 Å². The van der Waals surface area contributed by atoms with Crippen molar-refractivity contribution in [3.05, 3.63) is 36.0 Å². The number of rotatable bonds is 4. The second-order valence-corrected chi connectivity index (χ2v) is 9.73. The minimum absolute atomic E-state index is 0.154. The van der Waals surface area contributed by atoms with Crippen molar-refractivity contribution in [2.45, 2.75) is 63.3 Å². The standard InChI is InChI=1S/C25H36N4O/c30-25(27-21-11-13-28(14-12-21)18-19-5-1-2-6-19)29-15-9-20(10-16-29)23-17-26-24-8-4-3-7-22(23)24/h3-4,7-8,17,19-21,26H,1-2,5-6,9-16,18H2,(H,27,30). The van der Waals surface area contributed by atoms with E-state index in [0.717, 1.165) is 57.8 Å². The van der Waals surface area contributed by atoms with Crippen LogP contribution in [-0.4, -0.2) is 59.6 Å². The van der Waals surface area contributed by atoms with Crippen molar-refractivity contribution in [3.8, 4) is 0 Å². The van der Waals surface area contributed by atoms with Gasteiger partial charge >= 0.3 is 6.03 Å². The van der Waals surface area contributed by atoms with E-state index in [1.807, 2.05) is 4.90 Å². The molecule has 3 fully saturated rings. The number of piperidine rings is 2. The number of benzene rings is 1. The molecule has 1 saturated carbocycles. The summed E-state index contributed by atoms with van der Waals surface area (Å²) >= 11 is 0. The van der Waals surface area contributed by atoms with Crippen LogP contribution in [0.1, 0.15) is 62.8 Å². The lowest BCUT2D eigenvalue weighted by atomic mass is 9.89. The molecule has 0 bridgehead atoms. The van der Waals surface area contributed by atoms with Gasteiger partial charge in [0.1, 0.15) is 0 Å². The number of urea groups is 1. The van der Waals surface area contributed by atoms with E-state index in [1.165, 1.54) is 48.7 Å². The van der Waals surface area contributed by atoms with Crippen molar-refractivity contribution in [1.29, 1.82) is 0 Å². The molecule has 30 heavy (non-hydrogen) atoms. The van der Waals surface area contributed by atoms with E-state index < -0.39 is 0 Å². The van der Waals surface area contributed by atoms with Crippen LogP contribution in [0.2, 0.25) is 0 Å². The first kappa shape index (κ1) is 19.9. The van der Waals surface area contributed by atoms with Gasteiger partial charge in [0, 0.05) is 55.9 Å². The first-order chi connectivity index (χ1) is 14.8. The Morgan fingerprint density at radius 2 is 1.70 bits per heavy atom. The Balaban J connectivity index is 1.07. The van der Waals surface area contributed by atoms with Gasteiger partial charge < -0.3 is 20.1 Å². The molecule has 5 rings (SSSR count). The van der Waals surface area contributed by atoms with E-state index in [-0.39, 0.29) is 6.03 Å². The molecular weight excluding hydrogens is 372 g/mol. The zero-order chi connectivity index (χ0) is 20.3. The van der Waals surface area contributed by atoms with Crippen LogP contribution in [0.4, 0.5) is 4.79 Å². The zero-order valence-corrected chi connectivity index (χ0v) is 18.1. The SMILES string of the molecule is O=C(NC1CCN(CC2CCCC2)CC1)N1CCC(c2c[nH]c3ccccc23)CC1. The van der Waals surface area contributed by atoms with Gasteiger partial charge in [0.2, 0.25) is 0 Å². The van der Waals surface area contributed by atoms with Crippen molar-refractivity contribution < 1.29 is 4.79 Å². The fraction of sp³-hybridized carbons (Fsp3) is 0.640. The molecule has 1 aromatic heterocycles. The number of para-hydroxylation sites is 1.